The summed E-state index contributed by atoms with van der Waals surface area (Å²) in [6, 6.07) is 9.88. The van der Waals surface area contributed by atoms with Crippen molar-refractivity contribution in [2.24, 2.45) is 0 Å². The molecule has 102 valence electrons. The van der Waals surface area contributed by atoms with E-state index in [1.54, 1.807) is 4.90 Å². The van der Waals surface area contributed by atoms with E-state index < -0.39 is 0 Å². The molecule has 3 heteroatoms. The molecule has 0 radical (unpaired) electrons. The second kappa shape index (κ2) is 6.98. The van der Waals surface area contributed by atoms with Crippen LogP contribution in [0.15, 0.2) is 42.6 Å². The quantitative estimate of drug-likeness (QED) is 0.707. The van der Waals surface area contributed by atoms with Crippen LogP contribution in [0.25, 0.3) is 0 Å². The van der Waals surface area contributed by atoms with Crippen molar-refractivity contribution < 1.29 is 4.79 Å². The van der Waals surface area contributed by atoms with Crippen LogP contribution in [-0.4, -0.2) is 24.0 Å². The van der Waals surface area contributed by atoms with E-state index >= 15 is 0 Å². The molecule has 1 aliphatic rings. The summed E-state index contributed by atoms with van der Waals surface area (Å²) in [5.41, 5.74) is 0.932. The average molecular weight is 258 g/mol. The molecule has 0 atom stereocenters. The summed E-state index contributed by atoms with van der Waals surface area (Å²) in [5.74, 6) is 0. The highest BCUT2D eigenvalue weighted by Crippen LogP contribution is 2.19. The van der Waals surface area contributed by atoms with Crippen molar-refractivity contribution in [2.75, 3.05) is 18.0 Å². The lowest BCUT2D eigenvalue weighted by Crippen LogP contribution is -2.44. The van der Waals surface area contributed by atoms with Gasteiger partial charge in [-0.3, -0.25) is 4.90 Å². The molecule has 19 heavy (non-hydrogen) atoms. The first-order chi connectivity index (χ1) is 9.33. The Hall–Kier alpha value is -1.77. The van der Waals surface area contributed by atoms with E-state index in [0.29, 0.717) is 0 Å². The lowest BCUT2D eigenvalue weighted by molar-refractivity contribution is 0.209. The zero-order valence-corrected chi connectivity index (χ0v) is 11.6. The van der Waals surface area contributed by atoms with Gasteiger partial charge in [0.1, 0.15) is 0 Å². The molecule has 0 spiro atoms. The Labute approximate surface area is 115 Å². The van der Waals surface area contributed by atoms with E-state index in [9.17, 15) is 4.79 Å². The van der Waals surface area contributed by atoms with Gasteiger partial charge in [0.15, 0.2) is 0 Å². The maximum Gasteiger partial charge on any atom is 0.328 e. The molecule has 0 N–H and O–H groups in total. The number of rotatable bonds is 6. The molecular formula is C16H22N2O. The van der Waals surface area contributed by atoms with Gasteiger partial charge in [-0.25, -0.2) is 4.79 Å². The predicted octanol–water partition coefficient (Wildman–Crippen LogP) is 4.02. The molecule has 0 saturated carbocycles. The third kappa shape index (κ3) is 3.60. The van der Waals surface area contributed by atoms with Crippen LogP contribution < -0.4 is 4.90 Å². The van der Waals surface area contributed by atoms with E-state index in [4.69, 9.17) is 0 Å². The van der Waals surface area contributed by atoms with Gasteiger partial charge in [0, 0.05) is 19.3 Å². The van der Waals surface area contributed by atoms with Crippen LogP contribution in [0.1, 0.15) is 32.6 Å². The lowest BCUT2D eigenvalue weighted by Gasteiger charge is -2.31. The minimum Gasteiger partial charge on any atom is -0.320 e. The molecule has 3 nitrogen and oxygen atoms in total. The summed E-state index contributed by atoms with van der Waals surface area (Å²) >= 11 is 0. The third-order valence-corrected chi connectivity index (χ3v) is 3.37. The molecule has 0 aliphatic carbocycles. The van der Waals surface area contributed by atoms with Crippen molar-refractivity contribution in [1.29, 1.82) is 0 Å². The van der Waals surface area contributed by atoms with E-state index in [2.05, 4.69) is 6.92 Å². The summed E-state index contributed by atoms with van der Waals surface area (Å²) < 4.78 is 0. The molecule has 2 rings (SSSR count). The smallest absolute Gasteiger partial charge is 0.320 e. The highest BCUT2D eigenvalue weighted by Gasteiger charge is 2.22. The SMILES string of the molecule is CCCCCCN1CC=CN(c2ccccc2)C1=O. The van der Waals surface area contributed by atoms with Gasteiger partial charge in [-0.15, -0.1) is 0 Å². The first-order valence-corrected chi connectivity index (χ1v) is 7.12. The van der Waals surface area contributed by atoms with Crippen LogP contribution >= 0.6 is 0 Å². The zero-order valence-electron chi connectivity index (χ0n) is 11.6. The van der Waals surface area contributed by atoms with Crippen molar-refractivity contribution in [2.45, 2.75) is 32.6 Å². The second-order valence-electron chi connectivity index (χ2n) is 4.88. The van der Waals surface area contributed by atoms with Crippen LogP contribution in [0, 0.1) is 0 Å². The van der Waals surface area contributed by atoms with Crippen molar-refractivity contribution in [3.05, 3.63) is 42.6 Å². The van der Waals surface area contributed by atoms with Gasteiger partial charge in [-0.1, -0.05) is 44.4 Å². The number of amides is 2. The standard InChI is InChI=1S/C16H22N2O/c1-2-3-4-8-12-17-13-9-14-18(16(17)19)15-10-6-5-7-11-15/h5-7,9-11,14H,2-4,8,12-13H2,1H3. The fourth-order valence-electron chi connectivity index (χ4n) is 2.28. The number of carbonyl (C=O) groups is 1. The van der Waals surface area contributed by atoms with Crippen LogP contribution in [0.4, 0.5) is 10.5 Å². The Bertz CT molecular complexity index is 428. The van der Waals surface area contributed by atoms with Crippen molar-refractivity contribution in [3.8, 4) is 0 Å². The Morgan fingerprint density at radius 3 is 2.63 bits per heavy atom. The van der Waals surface area contributed by atoms with Crippen LogP contribution in [0.2, 0.25) is 0 Å². The average Bonchev–Trinajstić information content (AvgIpc) is 2.46. The summed E-state index contributed by atoms with van der Waals surface area (Å²) in [7, 11) is 0. The van der Waals surface area contributed by atoms with Gasteiger partial charge in [0.2, 0.25) is 0 Å². The largest absolute Gasteiger partial charge is 0.328 e. The zero-order chi connectivity index (χ0) is 13.5. The third-order valence-electron chi connectivity index (χ3n) is 3.37. The van der Waals surface area contributed by atoms with E-state index in [1.807, 2.05) is 47.5 Å². The summed E-state index contributed by atoms with van der Waals surface area (Å²) in [6.07, 6.45) is 8.70. The maximum absolute atomic E-state index is 12.4. The highest BCUT2D eigenvalue weighted by atomic mass is 16.2. The number of carbonyl (C=O) groups excluding carboxylic acids is 1. The maximum atomic E-state index is 12.4. The lowest BCUT2D eigenvalue weighted by atomic mass is 10.2. The molecule has 1 aromatic rings. The van der Waals surface area contributed by atoms with Gasteiger partial charge in [0.05, 0.1) is 5.69 Å². The summed E-state index contributed by atoms with van der Waals surface area (Å²) in [5, 5.41) is 0. The Kier molecular flexibility index (Phi) is 5.01. The topological polar surface area (TPSA) is 23.6 Å². The normalized spacial score (nSPS) is 15.1. The predicted molar refractivity (Wildman–Crippen MR) is 79.2 cm³/mol. The number of anilines is 1. The number of hydrogen-bond acceptors (Lipinski definition) is 1. The summed E-state index contributed by atoms with van der Waals surface area (Å²) in [6.45, 7) is 3.78. The molecule has 0 saturated heterocycles. The van der Waals surface area contributed by atoms with E-state index in [1.165, 1.54) is 19.3 Å². The first kappa shape index (κ1) is 13.7. The Morgan fingerprint density at radius 1 is 1.11 bits per heavy atom. The van der Waals surface area contributed by atoms with Gasteiger partial charge in [-0.2, -0.15) is 0 Å². The number of benzene rings is 1. The van der Waals surface area contributed by atoms with Crippen LogP contribution in [0.5, 0.6) is 0 Å². The fourth-order valence-corrected chi connectivity index (χ4v) is 2.28. The van der Waals surface area contributed by atoms with E-state index in [0.717, 1.165) is 25.2 Å². The van der Waals surface area contributed by atoms with Gasteiger partial charge in [-0.05, 0) is 24.6 Å². The van der Waals surface area contributed by atoms with Gasteiger partial charge < -0.3 is 4.90 Å². The molecule has 2 amide bonds. The number of hydrogen-bond donors (Lipinski definition) is 0. The fraction of sp³-hybridized carbons (Fsp3) is 0.438. The molecule has 0 bridgehead atoms. The van der Waals surface area contributed by atoms with Crippen molar-refractivity contribution in [3.63, 3.8) is 0 Å². The number of unbranched alkanes of at least 4 members (excludes halogenated alkanes) is 3. The number of urea groups is 1. The monoisotopic (exact) mass is 258 g/mol. The minimum atomic E-state index is 0.0881. The molecule has 0 aromatic heterocycles. The molecule has 1 aromatic carbocycles. The second-order valence-corrected chi connectivity index (χ2v) is 4.88. The minimum absolute atomic E-state index is 0.0881. The van der Waals surface area contributed by atoms with Crippen LogP contribution in [0.3, 0.4) is 0 Å². The molecular weight excluding hydrogens is 236 g/mol. The Balaban J connectivity index is 1.95. The summed E-state index contributed by atoms with van der Waals surface area (Å²) in [4.78, 5) is 16.0. The van der Waals surface area contributed by atoms with E-state index in [-0.39, 0.29) is 6.03 Å². The molecule has 0 unspecified atom stereocenters. The van der Waals surface area contributed by atoms with Gasteiger partial charge >= 0.3 is 6.03 Å². The highest BCUT2D eigenvalue weighted by molar-refractivity contribution is 5.94. The van der Waals surface area contributed by atoms with Crippen molar-refractivity contribution >= 4 is 11.7 Å². The number of nitrogens with zero attached hydrogens (tertiary/aromatic N) is 2. The molecule has 1 heterocycles. The van der Waals surface area contributed by atoms with Crippen molar-refractivity contribution in [1.82, 2.24) is 4.90 Å². The molecule has 0 fully saturated rings. The first-order valence-electron chi connectivity index (χ1n) is 7.12. The van der Waals surface area contributed by atoms with Gasteiger partial charge in [0.25, 0.3) is 0 Å². The number of para-hydroxylation sites is 1. The van der Waals surface area contributed by atoms with Crippen LogP contribution in [-0.2, 0) is 0 Å². The molecule has 1 aliphatic heterocycles. The Morgan fingerprint density at radius 2 is 1.89 bits per heavy atom.